The fourth-order valence-electron chi connectivity index (χ4n) is 4.41. The molecule has 1 nitrogen and oxygen atoms in total. The largest absolute Gasteiger partial charge is 0.381 e. The Kier molecular flexibility index (Phi) is 5.68. The molecule has 19 heavy (non-hydrogen) atoms. The molecule has 2 saturated carbocycles. The van der Waals surface area contributed by atoms with Crippen LogP contribution in [0.5, 0.6) is 0 Å². The summed E-state index contributed by atoms with van der Waals surface area (Å²) >= 11 is 0. The van der Waals surface area contributed by atoms with Crippen molar-refractivity contribution >= 4 is 0 Å². The van der Waals surface area contributed by atoms with Crippen LogP contribution in [0.2, 0.25) is 0 Å². The number of methoxy groups -OCH3 is 1. The van der Waals surface area contributed by atoms with Crippen LogP contribution in [0.4, 0.5) is 4.39 Å². The minimum absolute atomic E-state index is 0.129. The van der Waals surface area contributed by atoms with Crippen LogP contribution in [-0.2, 0) is 4.74 Å². The number of hydrogen-bond acceptors (Lipinski definition) is 1. The lowest BCUT2D eigenvalue weighted by molar-refractivity contribution is -0.00354. The van der Waals surface area contributed by atoms with Gasteiger partial charge in [-0.25, -0.2) is 0 Å². The van der Waals surface area contributed by atoms with Gasteiger partial charge in [0.2, 0.25) is 0 Å². The number of halogens is 1. The summed E-state index contributed by atoms with van der Waals surface area (Å²) in [5.74, 6) is 1.72. The molecule has 0 amide bonds. The first kappa shape index (κ1) is 15.3. The van der Waals surface area contributed by atoms with Gasteiger partial charge in [-0.3, -0.25) is 4.39 Å². The van der Waals surface area contributed by atoms with Crippen molar-refractivity contribution in [2.75, 3.05) is 13.8 Å². The van der Waals surface area contributed by atoms with Crippen LogP contribution in [-0.4, -0.2) is 19.9 Å². The summed E-state index contributed by atoms with van der Waals surface area (Å²) < 4.78 is 17.7. The molecule has 2 aliphatic carbocycles. The van der Waals surface area contributed by atoms with Crippen molar-refractivity contribution in [1.29, 1.82) is 0 Å². The highest BCUT2D eigenvalue weighted by atomic mass is 19.1. The smallest absolute Gasteiger partial charge is 0.0894 e. The van der Waals surface area contributed by atoms with E-state index in [1.807, 2.05) is 7.11 Å². The van der Waals surface area contributed by atoms with Gasteiger partial charge < -0.3 is 4.74 Å². The molecule has 0 heterocycles. The average molecular weight is 270 g/mol. The molecule has 0 aromatic carbocycles. The van der Waals surface area contributed by atoms with Crippen molar-refractivity contribution in [3.8, 4) is 0 Å². The topological polar surface area (TPSA) is 9.23 Å². The van der Waals surface area contributed by atoms with Gasteiger partial charge in [-0.2, -0.15) is 0 Å². The summed E-state index contributed by atoms with van der Waals surface area (Å²) in [6, 6.07) is 0. The maximum absolute atomic E-state index is 12.2. The first-order chi connectivity index (χ1) is 9.18. The third-order valence-corrected chi connectivity index (χ3v) is 5.99. The Morgan fingerprint density at radius 1 is 1.05 bits per heavy atom. The standard InChI is InChI=1S/C17H31FO/c1-17(11-9-16(19-2)10-12-17)15-7-5-14(6-8-15)4-3-13-18/h14-16H,3-13H2,1-2H3. The van der Waals surface area contributed by atoms with E-state index in [0.29, 0.717) is 11.5 Å². The third-order valence-electron chi connectivity index (χ3n) is 5.99. The SMILES string of the molecule is COC1CCC(C)(C2CCC(CCCF)CC2)CC1. The Morgan fingerprint density at radius 3 is 2.21 bits per heavy atom. The summed E-state index contributed by atoms with van der Waals surface area (Å²) in [6.07, 6.45) is 13.0. The van der Waals surface area contributed by atoms with Crippen LogP contribution in [0.1, 0.15) is 71.1 Å². The number of rotatable bonds is 5. The molecule has 0 unspecified atom stereocenters. The van der Waals surface area contributed by atoms with E-state index in [0.717, 1.165) is 24.7 Å². The van der Waals surface area contributed by atoms with Crippen molar-refractivity contribution < 1.29 is 9.13 Å². The predicted molar refractivity (Wildman–Crippen MR) is 78.0 cm³/mol. The zero-order valence-electron chi connectivity index (χ0n) is 12.8. The molecule has 2 aliphatic rings. The van der Waals surface area contributed by atoms with E-state index in [9.17, 15) is 4.39 Å². The van der Waals surface area contributed by atoms with Crippen molar-refractivity contribution in [3.05, 3.63) is 0 Å². The first-order valence-corrected chi connectivity index (χ1v) is 8.26. The van der Waals surface area contributed by atoms with Crippen LogP contribution in [0.3, 0.4) is 0 Å². The molecule has 112 valence electrons. The average Bonchev–Trinajstić information content (AvgIpc) is 2.46. The fourth-order valence-corrected chi connectivity index (χ4v) is 4.41. The maximum atomic E-state index is 12.2. The van der Waals surface area contributed by atoms with Gasteiger partial charge in [0.15, 0.2) is 0 Å². The van der Waals surface area contributed by atoms with E-state index in [2.05, 4.69) is 6.92 Å². The summed E-state index contributed by atoms with van der Waals surface area (Å²) in [6.45, 7) is 2.38. The van der Waals surface area contributed by atoms with Gasteiger partial charge >= 0.3 is 0 Å². The summed E-state index contributed by atoms with van der Waals surface area (Å²) in [5, 5.41) is 0. The van der Waals surface area contributed by atoms with Gasteiger partial charge in [-0.1, -0.05) is 19.8 Å². The van der Waals surface area contributed by atoms with Gasteiger partial charge in [-0.15, -0.1) is 0 Å². The lowest BCUT2D eigenvalue weighted by Crippen LogP contribution is -2.36. The Bertz CT molecular complexity index is 250. The van der Waals surface area contributed by atoms with Crippen LogP contribution in [0, 0.1) is 17.3 Å². The zero-order valence-corrected chi connectivity index (χ0v) is 12.8. The lowest BCUT2D eigenvalue weighted by Gasteiger charge is -2.45. The van der Waals surface area contributed by atoms with Gasteiger partial charge in [0.05, 0.1) is 12.8 Å². The molecule has 0 spiro atoms. The van der Waals surface area contributed by atoms with Crippen LogP contribution in [0.25, 0.3) is 0 Å². The van der Waals surface area contributed by atoms with Crippen LogP contribution < -0.4 is 0 Å². The minimum Gasteiger partial charge on any atom is -0.381 e. The van der Waals surface area contributed by atoms with E-state index in [1.54, 1.807) is 0 Å². The number of hydrogen-bond donors (Lipinski definition) is 0. The molecule has 2 fully saturated rings. The van der Waals surface area contributed by atoms with E-state index < -0.39 is 0 Å². The Hall–Kier alpha value is -0.110. The molecule has 0 atom stereocenters. The minimum atomic E-state index is -0.129. The Labute approximate surface area is 118 Å². The molecular weight excluding hydrogens is 239 g/mol. The van der Waals surface area contributed by atoms with Gasteiger partial charge in [0, 0.05) is 7.11 Å². The van der Waals surface area contributed by atoms with Gasteiger partial charge in [0.1, 0.15) is 0 Å². The molecule has 0 N–H and O–H groups in total. The van der Waals surface area contributed by atoms with Crippen molar-refractivity contribution in [1.82, 2.24) is 0 Å². The first-order valence-electron chi connectivity index (χ1n) is 8.26. The fraction of sp³-hybridized carbons (Fsp3) is 1.00. The summed E-state index contributed by atoms with van der Waals surface area (Å²) in [7, 11) is 1.85. The molecule has 2 rings (SSSR count). The molecule has 0 aromatic rings. The highest BCUT2D eigenvalue weighted by Gasteiger charge is 2.39. The maximum Gasteiger partial charge on any atom is 0.0894 e. The molecular formula is C17H31FO. The molecule has 0 saturated heterocycles. The Balaban J connectivity index is 1.77. The predicted octanol–water partition coefficient (Wildman–Crippen LogP) is 5.14. The second kappa shape index (κ2) is 7.06. The molecule has 0 aliphatic heterocycles. The molecule has 0 bridgehead atoms. The summed E-state index contributed by atoms with van der Waals surface area (Å²) in [4.78, 5) is 0. The van der Waals surface area contributed by atoms with Crippen LogP contribution >= 0.6 is 0 Å². The van der Waals surface area contributed by atoms with Crippen molar-refractivity contribution in [3.63, 3.8) is 0 Å². The van der Waals surface area contributed by atoms with E-state index in [4.69, 9.17) is 4.74 Å². The van der Waals surface area contributed by atoms with Crippen LogP contribution in [0.15, 0.2) is 0 Å². The molecule has 0 radical (unpaired) electrons. The molecule has 0 aromatic heterocycles. The quantitative estimate of drug-likeness (QED) is 0.672. The highest BCUT2D eigenvalue weighted by Crippen LogP contribution is 2.49. The van der Waals surface area contributed by atoms with Gasteiger partial charge in [0.25, 0.3) is 0 Å². The van der Waals surface area contributed by atoms with E-state index >= 15 is 0 Å². The second-order valence-corrected chi connectivity index (χ2v) is 7.14. The highest BCUT2D eigenvalue weighted by molar-refractivity contribution is 4.90. The molecule has 2 heteroatoms. The van der Waals surface area contributed by atoms with Crippen molar-refractivity contribution in [2.45, 2.75) is 77.2 Å². The lowest BCUT2D eigenvalue weighted by atomic mass is 9.61. The van der Waals surface area contributed by atoms with Crippen molar-refractivity contribution in [2.24, 2.45) is 17.3 Å². The van der Waals surface area contributed by atoms with E-state index in [-0.39, 0.29) is 6.67 Å². The zero-order chi connectivity index (χ0) is 13.7. The van der Waals surface area contributed by atoms with Gasteiger partial charge in [-0.05, 0) is 68.6 Å². The monoisotopic (exact) mass is 270 g/mol. The second-order valence-electron chi connectivity index (χ2n) is 7.14. The van der Waals surface area contributed by atoms with E-state index in [1.165, 1.54) is 51.4 Å². The number of alkyl halides is 1. The summed E-state index contributed by atoms with van der Waals surface area (Å²) in [5.41, 5.74) is 0.556. The Morgan fingerprint density at radius 2 is 1.68 bits per heavy atom. The number of ether oxygens (including phenoxy) is 1. The third kappa shape index (κ3) is 3.93. The normalized spacial score (nSPS) is 40.3.